The number of halogens is 1. The standard InChI is InChI=1S/C25H31ClN2O4S/c1-3-25(4-2)17-22(19-10-6-7-11-23(19)32-25)27-24(29)20-16-18(12-13-21(20)26)33(30,31)28-14-8-5-9-15-28/h6-7,10-13,16,22H,3-5,8-9,14-15,17H2,1-2H3,(H,27,29)/t22-/m0/s1. The molecule has 2 heterocycles. The summed E-state index contributed by atoms with van der Waals surface area (Å²) in [4.78, 5) is 13.4. The molecule has 6 nitrogen and oxygen atoms in total. The van der Waals surface area contributed by atoms with Crippen molar-refractivity contribution in [3.8, 4) is 5.75 Å². The molecule has 2 aliphatic rings. The molecule has 1 atom stereocenters. The maximum atomic E-state index is 13.3. The molecule has 1 saturated heterocycles. The van der Waals surface area contributed by atoms with Crippen molar-refractivity contribution in [1.82, 2.24) is 9.62 Å². The van der Waals surface area contributed by atoms with Gasteiger partial charge in [0, 0.05) is 25.1 Å². The summed E-state index contributed by atoms with van der Waals surface area (Å²) in [6.07, 6.45) is 4.99. The molecule has 0 radical (unpaired) electrons. The summed E-state index contributed by atoms with van der Waals surface area (Å²) in [6.45, 7) is 5.17. The van der Waals surface area contributed by atoms with E-state index in [9.17, 15) is 13.2 Å². The number of para-hydroxylation sites is 1. The Morgan fingerprint density at radius 1 is 1.12 bits per heavy atom. The van der Waals surface area contributed by atoms with Crippen molar-refractivity contribution in [2.45, 2.75) is 68.9 Å². The van der Waals surface area contributed by atoms with Gasteiger partial charge in [-0.3, -0.25) is 4.79 Å². The molecule has 1 N–H and O–H groups in total. The highest BCUT2D eigenvalue weighted by Gasteiger charge is 2.39. The lowest BCUT2D eigenvalue weighted by atomic mass is 9.83. The second-order valence-electron chi connectivity index (χ2n) is 8.87. The summed E-state index contributed by atoms with van der Waals surface area (Å²) in [5.74, 6) is 0.378. The zero-order valence-electron chi connectivity index (χ0n) is 19.1. The largest absolute Gasteiger partial charge is 0.487 e. The van der Waals surface area contributed by atoms with Crippen LogP contribution < -0.4 is 10.1 Å². The highest BCUT2D eigenvalue weighted by atomic mass is 35.5. The van der Waals surface area contributed by atoms with Crippen molar-refractivity contribution in [3.05, 3.63) is 58.6 Å². The van der Waals surface area contributed by atoms with Gasteiger partial charge in [0.2, 0.25) is 10.0 Å². The van der Waals surface area contributed by atoms with Gasteiger partial charge < -0.3 is 10.1 Å². The van der Waals surface area contributed by atoms with E-state index >= 15 is 0 Å². The van der Waals surface area contributed by atoms with Crippen LogP contribution in [0.2, 0.25) is 5.02 Å². The van der Waals surface area contributed by atoms with Crippen LogP contribution in [-0.4, -0.2) is 37.3 Å². The van der Waals surface area contributed by atoms with Gasteiger partial charge in [0.1, 0.15) is 11.4 Å². The van der Waals surface area contributed by atoms with Crippen molar-refractivity contribution >= 4 is 27.5 Å². The number of carbonyl (C=O) groups excluding carboxylic acids is 1. The third-order valence-corrected chi connectivity index (χ3v) is 9.15. The molecule has 33 heavy (non-hydrogen) atoms. The average molecular weight is 491 g/mol. The van der Waals surface area contributed by atoms with Gasteiger partial charge in [-0.2, -0.15) is 4.31 Å². The van der Waals surface area contributed by atoms with Crippen LogP contribution >= 0.6 is 11.6 Å². The normalized spacial score (nSPS) is 20.5. The lowest BCUT2D eigenvalue weighted by Crippen LogP contribution is -2.44. The Morgan fingerprint density at radius 3 is 2.52 bits per heavy atom. The predicted molar refractivity (Wildman–Crippen MR) is 129 cm³/mol. The van der Waals surface area contributed by atoms with Crippen LogP contribution in [0.15, 0.2) is 47.4 Å². The second-order valence-corrected chi connectivity index (χ2v) is 11.2. The minimum atomic E-state index is -3.67. The molecule has 0 aromatic heterocycles. The molecule has 0 aliphatic carbocycles. The van der Waals surface area contributed by atoms with Crippen LogP contribution in [0.25, 0.3) is 0 Å². The molecule has 4 rings (SSSR count). The Balaban J connectivity index is 1.63. The monoisotopic (exact) mass is 490 g/mol. The van der Waals surface area contributed by atoms with Crippen LogP contribution in [0, 0.1) is 0 Å². The smallest absolute Gasteiger partial charge is 0.253 e. The number of nitrogens with zero attached hydrogens (tertiary/aromatic N) is 1. The number of hydrogen-bond acceptors (Lipinski definition) is 4. The molecule has 0 bridgehead atoms. The van der Waals surface area contributed by atoms with Gasteiger partial charge in [0.25, 0.3) is 5.91 Å². The molecule has 2 aromatic carbocycles. The molecular weight excluding hydrogens is 460 g/mol. The number of hydrogen-bond donors (Lipinski definition) is 1. The Hall–Kier alpha value is -2.09. The van der Waals surface area contributed by atoms with Crippen LogP contribution in [-0.2, 0) is 10.0 Å². The van der Waals surface area contributed by atoms with E-state index in [-0.39, 0.29) is 27.1 Å². The number of rotatable bonds is 6. The zero-order valence-corrected chi connectivity index (χ0v) is 20.7. The fraction of sp³-hybridized carbons (Fsp3) is 0.480. The number of amides is 1. The van der Waals surface area contributed by atoms with Crippen molar-refractivity contribution in [1.29, 1.82) is 0 Å². The van der Waals surface area contributed by atoms with Gasteiger partial charge in [-0.1, -0.05) is 50.1 Å². The number of benzene rings is 2. The molecule has 0 spiro atoms. The van der Waals surface area contributed by atoms with E-state index in [0.717, 1.165) is 43.4 Å². The summed E-state index contributed by atoms with van der Waals surface area (Å²) in [5.41, 5.74) is 0.712. The topological polar surface area (TPSA) is 75.7 Å². The van der Waals surface area contributed by atoms with Gasteiger partial charge in [-0.25, -0.2) is 8.42 Å². The summed E-state index contributed by atoms with van der Waals surface area (Å²) in [6, 6.07) is 11.8. The molecule has 0 saturated carbocycles. The molecule has 1 fully saturated rings. The van der Waals surface area contributed by atoms with Gasteiger partial charge in [0.05, 0.1) is 21.5 Å². The lowest BCUT2D eigenvalue weighted by molar-refractivity contribution is 0.0227. The molecule has 0 unspecified atom stereocenters. The van der Waals surface area contributed by atoms with Crippen molar-refractivity contribution in [2.24, 2.45) is 0 Å². The fourth-order valence-corrected chi connectivity index (χ4v) is 6.51. The maximum absolute atomic E-state index is 13.3. The average Bonchev–Trinajstić information content (AvgIpc) is 2.84. The zero-order chi connectivity index (χ0) is 23.6. The number of sulfonamides is 1. The highest BCUT2D eigenvalue weighted by molar-refractivity contribution is 7.89. The van der Waals surface area contributed by atoms with E-state index in [1.54, 1.807) is 0 Å². The fourth-order valence-electron chi connectivity index (χ4n) is 4.76. The first-order valence-electron chi connectivity index (χ1n) is 11.7. The molecule has 1 amide bonds. The van der Waals surface area contributed by atoms with E-state index in [0.29, 0.717) is 19.5 Å². The Bertz CT molecular complexity index is 1120. The van der Waals surface area contributed by atoms with Crippen LogP contribution in [0.3, 0.4) is 0 Å². The summed E-state index contributed by atoms with van der Waals surface area (Å²) in [5, 5.41) is 3.33. The number of carbonyl (C=O) groups is 1. The van der Waals surface area contributed by atoms with Crippen molar-refractivity contribution in [2.75, 3.05) is 13.1 Å². The predicted octanol–water partition coefficient (Wildman–Crippen LogP) is 5.33. The molecule has 2 aromatic rings. The number of ether oxygens (including phenoxy) is 1. The molecule has 8 heteroatoms. The van der Waals surface area contributed by atoms with Gasteiger partial charge in [-0.05, 0) is 49.9 Å². The Morgan fingerprint density at radius 2 is 1.82 bits per heavy atom. The maximum Gasteiger partial charge on any atom is 0.253 e. The summed E-state index contributed by atoms with van der Waals surface area (Å²) >= 11 is 6.36. The van der Waals surface area contributed by atoms with E-state index in [1.165, 1.54) is 22.5 Å². The van der Waals surface area contributed by atoms with Crippen LogP contribution in [0.4, 0.5) is 0 Å². The van der Waals surface area contributed by atoms with E-state index in [4.69, 9.17) is 16.3 Å². The van der Waals surface area contributed by atoms with E-state index in [2.05, 4.69) is 19.2 Å². The number of nitrogens with one attached hydrogen (secondary N) is 1. The molecular formula is C25H31ClN2O4S. The van der Waals surface area contributed by atoms with Crippen molar-refractivity contribution < 1.29 is 17.9 Å². The minimum Gasteiger partial charge on any atom is -0.487 e. The van der Waals surface area contributed by atoms with Gasteiger partial charge >= 0.3 is 0 Å². The second kappa shape index (κ2) is 9.65. The first-order chi connectivity index (χ1) is 15.8. The van der Waals surface area contributed by atoms with Gasteiger partial charge in [0.15, 0.2) is 0 Å². The molecule has 178 valence electrons. The Labute approximate surface area is 201 Å². The first-order valence-corrected chi connectivity index (χ1v) is 13.5. The quantitative estimate of drug-likeness (QED) is 0.594. The summed E-state index contributed by atoms with van der Waals surface area (Å²) in [7, 11) is -3.67. The highest BCUT2D eigenvalue weighted by Crippen LogP contribution is 2.42. The van der Waals surface area contributed by atoms with E-state index < -0.39 is 15.9 Å². The van der Waals surface area contributed by atoms with E-state index in [1.807, 2.05) is 24.3 Å². The van der Waals surface area contributed by atoms with Gasteiger partial charge in [-0.15, -0.1) is 0 Å². The number of piperidine rings is 1. The summed E-state index contributed by atoms with van der Waals surface area (Å²) < 4.78 is 34.1. The third kappa shape index (κ3) is 4.77. The van der Waals surface area contributed by atoms with Crippen LogP contribution in [0.1, 0.15) is 74.3 Å². The first kappa shape index (κ1) is 24.0. The number of fused-ring (bicyclic) bond motifs is 1. The lowest BCUT2D eigenvalue weighted by Gasteiger charge is -2.41. The third-order valence-electron chi connectivity index (χ3n) is 6.93. The minimum absolute atomic E-state index is 0.0998. The SMILES string of the molecule is CCC1(CC)C[C@H](NC(=O)c2cc(S(=O)(=O)N3CCCCC3)ccc2Cl)c2ccccc2O1. The molecule has 2 aliphatic heterocycles. The Kier molecular flexibility index (Phi) is 7.03. The van der Waals surface area contributed by atoms with Crippen molar-refractivity contribution in [3.63, 3.8) is 0 Å². The van der Waals surface area contributed by atoms with Crippen LogP contribution in [0.5, 0.6) is 5.75 Å².